The van der Waals surface area contributed by atoms with E-state index in [0.29, 0.717) is 26.1 Å². The molecule has 0 unspecified atom stereocenters. The quantitative estimate of drug-likeness (QED) is 0.805. The third-order valence-corrected chi connectivity index (χ3v) is 4.16. The molecule has 1 heterocycles. The lowest BCUT2D eigenvalue weighted by Crippen LogP contribution is -2.37. The highest BCUT2D eigenvalue weighted by atomic mass is 79.9. The van der Waals surface area contributed by atoms with Gasteiger partial charge in [-0.15, -0.1) is 0 Å². The molecule has 0 spiro atoms. The van der Waals surface area contributed by atoms with Crippen molar-refractivity contribution in [1.29, 1.82) is 0 Å². The van der Waals surface area contributed by atoms with E-state index in [1.54, 1.807) is 17.2 Å². The van der Waals surface area contributed by atoms with Gasteiger partial charge in [-0.25, -0.2) is 0 Å². The average molecular weight is 379 g/mol. The lowest BCUT2D eigenvalue weighted by molar-refractivity contribution is -0.130. The molecular weight excluding hydrogens is 360 g/mol. The monoisotopic (exact) mass is 378 g/mol. The highest BCUT2D eigenvalue weighted by Crippen LogP contribution is 2.16. The molecule has 0 atom stereocenters. The van der Waals surface area contributed by atoms with E-state index in [2.05, 4.69) is 21.2 Å². The van der Waals surface area contributed by atoms with Crippen molar-refractivity contribution in [2.75, 3.05) is 13.1 Å². The van der Waals surface area contributed by atoms with E-state index in [1.165, 1.54) is 6.92 Å². The highest BCUT2D eigenvalue weighted by Gasteiger charge is 2.12. The van der Waals surface area contributed by atoms with Crippen LogP contribution in [0.1, 0.15) is 18.2 Å². The molecule has 0 aliphatic carbocycles. The Hall–Kier alpha value is -2.08. The summed E-state index contributed by atoms with van der Waals surface area (Å²) in [5.74, 6) is 0.597. The van der Waals surface area contributed by atoms with Gasteiger partial charge in [-0.3, -0.25) is 9.59 Å². The number of nitrogens with zero attached hydrogens (tertiary/aromatic N) is 1. The predicted octanol–water partition coefficient (Wildman–Crippen LogP) is 2.75. The molecule has 5 nitrogen and oxygen atoms in total. The maximum atomic E-state index is 12.0. The minimum absolute atomic E-state index is 0.0542. The first-order valence-electron chi connectivity index (χ1n) is 7.34. The standard InChI is InChI=1S/C17H19BrN2O3/c1-13(21)20(12-15-6-4-10-23-15)9-8-19-17(22)11-14-5-2-3-7-16(14)18/h2-7,10H,8-9,11-12H2,1H3,(H,19,22). The van der Waals surface area contributed by atoms with Crippen molar-refractivity contribution >= 4 is 27.7 Å². The fraction of sp³-hybridized carbons (Fsp3) is 0.294. The Morgan fingerprint density at radius 1 is 1.22 bits per heavy atom. The first kappa shape index (κ1) is 17.3. The van der Waals surface area contributed by atoms with E-state index in [1.807, 2.05) is 30.3 Å². The second-order valence-corrected chi connectivity index (χ2v) is 5.99. The largest absolute Gasteiger partial charge is 0.467 e. The smallest absolute Gasteiger partial charge is 0.224 e. The average Bonchev–Trinajstić information content (AvgIpc) is 3.01. The Morgan fingerprint density at radius 2 is 2.00 bits per heavy atom. The molecule has 122 valence electrons. The van der Waals surface area contributed by atoms with Gasteiger partial charge in [0.1, 0.15) is 5.76 Å². The van der Waals surface area contributed by atoms with Crippen LogP contribution in [0.5, 0.6) is 0 Å². The Kier molecular flexibility index (Phi) is 6.40. The molecule has 0 fully saturated rings. The van der Waals surface area contributed by atoms with Crippen LogP contribution < -0.4 is 5.32 Å². The van der Waals surface area contributed by atoms with Crippen LogP contribution in [0.2, 0.25) is 0 Å². The lowest BCUT2D eigenvalue weighted by Gasteiger charge is -2.20. The van der Waals surface area contributed by atoms with Gasteiger partial charge < -0.3 is 14.6 Å². The summed E-state index contributed by atoms with van der Waals surface area (Å²) in [6.07, 6.45) is 1.88. The summed E-state index contributed by atoms with van der Waals surface area (Å²) in [4.78, 5) is 25.3. The van der Waals surface area contributed by atoms with Crippen LogP contribution in [0.3, 0.4) is 0 Å². The number of hydrogen-bond acceptors (Lipinski definition) is 3. The Labute approximate surface area is 143 Å². The summed E-state index contributed by atoms with van der Waals surface area (Å²) in [5.41, 5.74) is 0.934. The summed E-state index contributed by atoms with van der Waals surface area (Å²) in [5, 5.41) is 2.84. The maximum Gasteiger partial charge on any atom is 0.224 e. The molecule has 1 aromatic heterocycles. The van der Waals surface area contributed by atoms with Crippen molar-refractivity contribution in [1.82, 2.24) is 10.2 Å². The molecule has 1 aromatic carbocycles. The molecular formula is C17H19BrN2O3. The van der Waals surface area contributed by atoms with E-state index in [4.69, 9.17) is 4.42 Å². The van der Waals surface area contributed by atoms with Crippen LogP contribution in [0.4, 0.5) is 0 Å². The van der Waals surface area contributed by atoms with Crippen LogP contribution in [0, 0.1) is 0 Å². The van der Waals surface area contributed by atoms with Gasteiger partial charge in [0.2, 0.25) is 11.8 Å². The number of hydrogen-bond donors (Lipinski definition) is 1. The van der Waals surface area contributed by atoms with Gasteiger partial charge in [0, 0.05) is 24.5 Å². The zero-order chi connectivity index (χ0) is 16.7. The van der Waals surface area contributed by atoms with E-state index in [9.17, 15) is 9.59 Å². The maximum absolute atomic E-state index is 12.0. The second kappa shape index (κ2) is 8.53. The summed E-state index contributed by atoms with van der Waals surface area (Å²) >= 11 is 3.43. The van der Waals surface area contributed by atoms with Crippen LogP contribution >= 0.6 is 15.9 Å². The number of benzene rings is 1. The summed E-state index contributed by atoms with van der Waals surface area (Å²) in [7, 11) is 0. The summed E-state index contributed by atoms with van der Waals surface area (Å²) in [6, 6.07) is 11.2. The Balaban J connectivity index is 1.79. The number of nitrogens with one attached hydrogen (secondary N) is 1. The topological polar surface area (TPSA) is 62.6 Å². The third-order valence-electron chi connectivity index (χ3n) is 3.38. The number of carbonyl (C=O) groups is 2. The van der Waals surface area contributed by atoms with Gasteiger partial charge >= 0.3 is 0 Å². The second-order valence-electron chi connectivity index (χ2n) is 5.14. The molecule has 2 aromatic rings. The number of halogens is 1. The first-order valence-corrected chi connectivity index (χ1v) is 8.13. The SMILES string of the molecule is CC(=O)N(CCNC(=O)Cc1ccccc1Br)Cc1ccco1. The molecule has 0 radical (unpaired) electrons. The molecule has 0 saturated heterocycles. The number of rotatable bonds is 7. The Bertz CT molecular complexity index is 656. The van der Waals surface area contributed by atoms with Crippen molar-refractivity contribution in [3.8, 4) is 0 Å². The van der Waals surface area contributed by atoms with Gasteiger partial charge in [0.25, 0.3) is 0 Å². The van der Waals surface area contributed by atoms with E-state index in [-0.39, 0.29) is 11.8 Å². The molecule has 6 heteroatoms. The summed E-state index contributed by atoms with van der Waals surface area (Å²) in [6.45, 7) is 2.76. The minimum atomic E-state index is -0.0709. The van der Waals surface area contributed by atoms with Crippen molar-refractivity contribution in [3.05, 3.63) is 58.5 Å². The van der Waals surface area contributed by atoms with Crippen LogP contribution in [-0.4, -0.2) is 29.8 Å². The van der Waals surface area contributed by atoms with Gasteiger partial charge in [0.05, 0.1) is 19.2 Å². The predicted molar refractivity (Wildman–Crippen MR) is 90.7 cm³/mol. The lowest BCUT2D eigenvalue weighted by atomic mass is 10.1. The highest BCUT2D eigenvalue weighted by molar-refractivity contribution is 9.10. The van der Waals surface area contributed by atoms with Gasteiger partial charge in [-0.05, 0) is 23.8 Å². The number of carbonyl (C=O) groups excluding carboxylic acids is 2. The van der Waals surface area contributed by atoms with E-state index in [0.717, 1.165) is 15.8 Å². The van der Waals surface area contributed by atoms with Crippen molar-refractivity contribution in [2.45, 2.75) is 19.9 Å². The van der Waals surface area contributed by atoms with Crippen LogP contribution in [0.15, 0.2) is 51.6 Å². The van der Waals surface area contributed by atoms with Gasteiger partial charge in [-0.2, -0.15) is 0 Å². The van der Waals surface area contributed by atoms with Gasteiger partial charge in [0.15, 0.2) is 0 Å². The minimum Gasteiger partial charge on any atom is -0.467 e. The zero-order valence-corrected chi connectivity index (χ0v) is 14.5. The van der Waals surface area contributed by atoms with Crippen molar-refractivity contribution in [3.63, 3.8) is 0 Å². The van der Waals surface area contributed by atoms with Crippen LogP contribution in [-0.2, 0) is 22.6 Å². The molecule has 2 amide bonds. The summed E-state index contributed by atoms with van der Waals surface area (Å²) < 4.78 is 6.16. The fourth-order valence-electron chi connectivity index (χ4n) is 2.15. The molecule has 23 heavy (non-hydrogen) atoms. The van der Waals surface area contributed by atoms with E-state index < -0.39 is 0 Å². The van der Waals surface area contributed by atoms with Crippen LogP contribution in [0.25, 0.3) is 0 Å². The Morgan fingerprint density at radius 3 is 2.65 bits per heavy atom. The van der Waals surface area contributed by atoms with Gasteiger partial charge in [-0.1, -0.05) is 34.1 Å². The normalized spacial score (nSPS) is 10.3. The van der Waals surface area contributed by atoms with E-state index >= 15 is 0 Å². The molecule has 2 rings (SSSR count). The van der Waals surface area contributed by atoms with Crippen molar-refractivity contribution < 1.29 is 14.0 Å². The third kappa shape index (κ3) is 5.56. The molecule has 0 bridgehead atoms. The fourth-order valence-corrected chi connectivity index (χ4v) is 2.57. The molecule has 0 saturated carbocycles. The number of amides is 2. The zero-order valence-electron chi connectivity index (χ0n) is 12.9. The molecule has 0 aliphatic heterocycles. The molecule has 0 aliphatic rings. The first-order chi connectivity index (χ1) is 11.1. The molecule has 1 N–H and O–H groups in total. The number of furan rings is 1. The van der Waals surface area contributed by atoms with Crippen molar-refractivity contribution in [2.24, 2.45) is 0 Å².